The standard InChI is InChI=1S/C16H12Cl2N6O2/c1-25-9-5-3-8(4-6-9)19-14-20-12-10(17)7-11(18)13-21-16(26-2)23-15(22-14)24(12)13/h3-7H,1-2H3,(H,19,20,21,22,23). The van der Waals surface area contributed by atoms with E-state index >= 15 is 0 Å². The Bertz CT molecular complexity index is 1110. The van der Waals surface area contributed by atoms with Crippen molar-refractivity contribution in [3.63, 3.8) is 0 Å². The second kappa shape index (κ2) is 6.47. The summed E-state index contributed by atoms with van der Waals surface area (Å²) in [7, 11) is 3.09. The highest BCUT2D eigenvalue weighted by Gasteiger charge is 2.21. The summed E-state index contributed by atoms with van der Waals surface area (Å²) in [5, 5.41) is 3.71. The van der Waals surface area contributed by atoms with Gasteiger partial charge in [0.05, 0.1) is 30.0 Å². The van der Waals surface area contributed by atoms with Crippen molar-refractivity contribution in [2.75, 3.05) is 19.5 Å². The smallest absolute Gasteiger partial charge is 0.298 e. The third-order valence-electron chi connectivity index (χ3n) is 3.66. The summed E-state index contributed by atoms with van der Waals surface area (Å²) in [5.41, 5.74) is 1.30. The lowest BCUT2D eigenvalue weighted by molar-refractivity contribution is 0.400. The van der Waals surface area contributed by atoms with Crippen molar-refractivity contribution in [3.05, 3.63) is 46.0 Å². The highest BCUT2D eigenvalue weighted by Crippen LogP contribution is 2.33. The molecule has 3 aromatic rings. The molecule has 0 bridgehead atoms. The molecular formula is C16H12Cl2N6O2. The Balaban J connectivity index is 1.96. The van der Waals surface area contributed by atoms with Crippen LogP contribution in [0.25, 0.3) is 5.65 Å². The highest BCUT2D eigenvalue weighted by molar-refractivity contribution is 6.38. The third-order valence-corrected chi connectivity index (χ3v) is 4.22. The summed E-state index contributed by atoms with van der Waals surface area (Å²) in [6.45, 7) is 0. The van der Waals surface area contributed by atoms with Crippen molar-refractivity contribution in [1.82, 2.24) is 14.4 Å². The number of hydrogen-bond acceptors (Lipinski definition) is 7. The lowest BCUT2D eigenvalue weighted by Gasteiger charge is -2.19. The molecule has 0 atom stereocenters. The minimum absolute atomic E-state index is 0.210. The molecule has 8 nitrogen and oxygen atoms in total. The normalized spacial score (nSPS) is 13.4. The molecule has 0 spiro atoms. The number of hydrogen-bond donors (Lipinski definition) is 1. The van der Waals surface area contributed by atoms with E-state index in [-0.39, 0.29) is 11.6 Å². The molecular weight excluding hydrogens is 379 g/mol. The van der Waals surface area contributed by atoms with Crippen LogP contribution in [0.2, 0.25) is 10.0 Å². The Hall–Kier alpha value is -2.84. The van der Waals surface area contributed by atoms with E-state index in [4.69, 9.17) is 32.7 Å². The zero-order valence-electron chi connectivity index (χ0n) is 13.7. The minimum atomic E-state index is 0.210. The maximum Gasteiger partial charge on any atom is 0.298 e. The van der Waals surface area contributed by atoms with E-state index < -0.39 is 0 Å². The van der Waals surface area contributed by atoms with Crippen LogP contribution in [-0.4, -0.2) is 34.6 Å². The second-order valence-electron chi connectivity index (χ2n) is 5.23. The molecule has 26 heavy (non-hydrogen) atoms. The zero-order valence-corrected chi connectivity index (χ0v) is 15.2. The fourth-order valence-electron chi connectivity index (χ4n) is 2.45. The molecule has 10 heteroatoms. The molecule has 4 rings (SSSR count). The van der Waals surface area contributed by atoms with Crippen LogP contribution in [0.4, 0.5) is 17.5 Å². The molecule has 1 N–H and O–H groups in total. The molecule has 3 heterocycles. The number of aromatic nitrogens is 3. The van der Waals surface area contributed by atoms with Crippen molar-refractivity contribution in [3.8, 4) is 5.75 Å². The molecule has 0 amide bonds. The Labute approximate surface area is 157 Å². The number of pyridine rings is 1. The van der Waals surface area contributed by atoms with E-state index in [1.807, 2.05) is 0 Å². The number of methoxy groups -OCH3 is 2. The average molecular weight is 391 g/mol. The van der Waals surface area contributed by atoms with Crippen LogP contribution in [0.1, 0.15) is 0 Å². The van der Waals surface area contributed by atoms with Crippen LogP contribution in [0.3, 0.4) is 0 Å². The fraction of sp³-hybridized carbons (Fsp3) is 0.125. The van der Waals surface area contributed by atoms with Gasteiger partial charge in [-0.1, -0.05) is 23.2 Å². The number of nitrogens with zero attached hydrogens (tertiary/aromatic N) is 5. The van der Waals surface area contributed by atoms with Crippen molar-refractivity contribution in [2.45, 2.75) is 0 Å². The van der Waals surface area contributed by atoms with Gasteiger partial charge in [0.25, 0.3) is 11.6 Å². The summed E-state index contributed by atoms with van der Waals surface area (Å²) in [4.78, 5) is 17.5. The molecule has 2 aromatic heterocycles. The maximum absolute atomic E-state index is 6.31. The van der Waals surface area contributed by atoms with Gasteiger partial charge in [0.1, 0.15) is 11.6 Å². The van der Waals surface area contributed by atoms with E-state index in [1.165, 1.54) is 7.11 Å². The van der Waals surface area contributed by atoms with Crippen LogP contribution < -0.4 is 15.7 Å². The Kier molecular flexibility index (Phi) is 4.14. The summed E-state index contributed by atoms with van der Waals surface area (Å²) in [6, 6.07) is 9.04. The first-order valence-corrected chi connectivity index (χ1v) is 8.22. The number of benzene rings is 1. The maximum atomic E-state index is 6.31. The number of nitrogens with one attached hydrogen (secondary N) is 1. The first-order valence-electron chi connectivity index (χ1n) is 7.46. The highest BCUT2D eigenvalue weighted by atomic mass is 35.5. The van der Waals surface area contributed by atoms with E-state index in [0.717, 1.165) is 5.75 Å². The average Bonchev–Trinajstić information content (AvgIpc) is 2.66. The molecule has 0 unspecified atom stereocenters. The van der Waals surface area contributed by atoms with Gasteiger partial charge in [-0.25, -0.2) is 9.39 Å². The van der Waals surface area contributed by atoms with Crippen molar-refractivity contribution < 1.29 is 9.47 Å². The monoisotopic (exact) mass is 390 g/mol. The lowest BCUT2D eigenvalue weighted by Crippen LogP contribution is -2.25. The number of rotatable bonds is 2. The predicted molar refractivity (Wildman–Crippen MR) is 99.0 cm³/mol. The summed E-state index contributed by atoms with van der Waals surface area (Å²) >= 11 is 12.6. The zero-order chi connectivity index (χ0) is 18.3. The minimum Gasteiger partial charge on any atom is -0.497 e. The SMILES string of the molecule is COC1=Nc2nc(=Nc3ccc(OC)cc3)nc3c(Cl)cc(Cl)c(n23)N1. The van der Waals surface area contributed by atoms with Crippen molar-refractivity contribution in [2.24, 2.45) is 9.98 Å². The topological polar surface area (TPSA) is 85.4 Å². The molecule has 0 aliphatic carbocycles. The van der Waals surface area contributed by atoms with Crippen molar-refractivity contribution >= 4 is 52.3 Å². The van der Waals surface area contributed by atoms with Gasteiger partial charge in [-0.05, 0) is 30.3 Å². The van der Waals surface area contributed by atoms with Crippen LogP contribution in [0.15, 0.2) is 40.3 Å². The Morgan fingerprint density at radius 1 is 1.04 bits per heavy atom. The molecule has 0 saturated carbocycles. The van der Waals surface area contributed by atoms with Crippen molar-refractivity contribution in [1.29, 1.82) is 0 Å². The number of aliphatic imine (C=N–C) groups is 1. The van der Waals surface area contributed by atoms with Gasteiger partial charge in [0, 0.05) is 0 Å². The summed E-state index contributed by atoms with van der Waals surface area (Å²) < 4.78 is 11.9. The van der Waals surface area contributed by atoms with E-state index in [2.05, 4.69) is 25.3 Å². The number of amidine groups is 1. The van der Waals surface area contributed by atoms with E-state index in [0.29, 0.717) is 33.1 Å². The van der Waals surface area contributed by atoms with Crippen LogP contribution in [0.5, 0.6) is 5.75 Å². The van der Waals surface area contributed by atoms with E-state index in [1.54, 1.807) is 41.8 Å². The Morgan fingerprint density at radius 2 is 1.81 bits per heavy atom. The molecule has 1 aromatic carbocycles. The molecule has 132 valence electrons. The largest absolute Gasteiger partial charge is 0.497 e. The summed E-state index contributed by atoms with van der Waals surface area (Å²) in [6.07, 6.45) is 0. The summed E-state index contributed by atoms with van der Waals surface area (Å²) in [5.74, 6) is 1.55. The van der Waals surface area contributed by atoms with Gasteiger partial charge in [0.2, 0.25) is 5.95 Å². The van der Waals surface area contributed by atoms with Crippen LogP contribution >= 0.6 is 23.2 Å². The third kappa shape index (κ3) is 2.83. The molecule has 1 aliphatic rings. The molecule has 0 saturated heterocycles. The number of anilines is 1. The van der Waals surface area contributed by atoms with Gasteiger partial charge < -0.3 is 9.47 Å². The first kappa shape index (κ1) is 16.6. The van der Waals surface area contributed by atoms with Gasteiger partial charge >= 0.3 is 0 Å². The van der Waals surface area contributed by atoms with Crippen LogP contribution in [-0.2, 0) is 4.74 Å². The lowest BCUT2D eigenvalue weighted by atomic mass is 10.3. The fourth-order valence-corrected chi connectivity index (χ4v) is 2.98. The Morgan fingerprint density at radius 3 is 2.50 bits per heavy atom. The predicted octanol–water partition coefficient (Wildman–Crippen LogP) is 3.34. The molecule has 0 radical (unpaired) electrons. The van der Waals surface area contributed by atoms with Gasteiger partial charge in [-0.15, -0.1) is 0 Å². The van der Waals surface area contributed by atoms with Gasteiger partial charge in [0.15, 0.2) is 5.65 Å². The van der Waals surface area contributed by atoms with Gasteiger partial charge in [-0.2, -0.15) is 15.0 Å². The second-order valence-corrected chi connectivity index (χ2v) is 6.04. The van der Waals surface area contributed by atoms with E-state index in [9.17, 15) is 0 Å². The number of halogens is 2. The molecule has 1 aliphatic heterocycles. The molecule has 0 fully saturated rings. The first-order chi connectivity index (χ1) is 12.6. The van der Waals surface area contributed by atoms with Gasteiger partial charge in [-0.3, -0.25) is 5.32 Å². The quantitative estimate of drug-likeness (QED) is 0.724. The van der Waals surface area contributed by atoms with Crippen LogP contribution in [0, 0.1) is 0 Å². The number of ether oxygens (including phenoxy) is 2.